The van der Waals surface area contributed by atoms with Crippen molar-refractivity contribution < 1.29 is 13.9 Å². The molecule has 140 valence electrons. The van der Waals surface area contributed by atoms with E-state index in [0.717, 1.165) is 24.2 Å². The van der Waals surface area contributed by atoms with Gasteiger partial charge in [0.05, 0.1) is 6.61 Å². The molecular weight excluding hydrogens is 342 g/mol. The standard InChI is InChI=1S/C22H23NO4/c1-4-23(5-2)18-10-7-15(8-11-18)16-9-12-20-17(13-16)14-19(22(25)27-20)21(24)26-6-3/h7-14H,4-6H2,1-3H3. The predicted molar refractivity (Wildman–Crippen MR) is 107 cm³/mol. The van der Waals surface area contributed by atoms with E-state index >= 15 is 0 Å². The largest absolute Gasteiger partial charge is 0.462 e. The van der Waals surface area contributed by atoms with Gasteiger partial charge in [0.1, 0.15) is 11.1 Å². The zero-order valence-corrected chi connectivity index (χ0v) is 15.8. The highest BCUT2D eigenvalue weighted by Crippen LogP contribution is 2.26. The van der Waals surface area contributed by atoms with Crippen molar-refractivity contribution in [2.45, 2.75) is 20.8 Å². The van der Waals surface area contributed by atoms with Crippen LogP contribution in [0.4, 0.5) is 5.69 Å². The quantitative estimate of drug-likeness (QED) is 0.476. The fourth-order valence-corrected chi connectivity index (χ4v) is 3.11. The van der Waals surface area contributed by atoms with Crippen LogP contribution in [0.3, 0.4) is 0 Å². The summed E-state index contributed by atoms with van der Waals surface area (Å²) in [6.45, 7) is 8.09. The molecule has 0 atom stereocenters. The maximum absolute atomic E-state index is 12.0. The molecule has 0 N–H and O–H groups in total. The molecule has 0 aliphatic carbocycles. The lowest BCUT2D eigenvalue weighted by Gasteiger charge is -2.21. The third-order valence-electron chi connectivity index (χ3n) is 4.56. The van der Waals surface area contributed by atoms with Crippen LogP contribution in [0.5, 0.6) is 0 Å². The van der Waals surface area contributed by atoms with Gasteiger partial charge in [0.15, 0.2) is 0 Å². The van der Waals surface area contributed by atoms with E-state index in [4.69, 9.17) is 9.15 Å². The number of nitrogens with zero attached hydrogens (tertiary/aromatic N) is 1. The molecule has 3 rings (SSSR count). The summed E-state index contributed by atoms with van der Waals surface area (Å²) in [6, 6.07) is 15.4. The first-order chi connectivity index (χ1) is 13.1. The molecule has 0 fully saturated rings. The lowest BCUT2D eigenvalue weighted by atomic mass is 10.0. The molecule has 0 aliphatic rings. The molecule has 1 heterocycles. The second-order valence-corrected chi connectivity index (χ2v) is 6.14. The minimum absolute atomic E-state index is 0.0848. The topological polar surface area (TPSA) is 59.8 Å². The summed E-state index contributed by atoms with van der Waals surface area (Å²) in [4.78, 5) is 26.2. The highest BCUT2D eigenvalue weighted by atomic mass is 16.5. The van der Waals surface area contributed by atoms with Gasteiger partial charge in [-0.15, -0.1) is 0 Å². The predicted octanol–water partition coefficient (Wildman–Crippen LogP) is 4.48. The molecule has 5 nitrogen and oxygen atoms in total. The number of carbonyl (C=O) groups excluding carboxylic acids is 1. The van der Waals surface area contributed by atoms with Crippen LogP contribution in [0.2, 0.25) is 0 Å². The van der Waals surface area contributed by atoms with Crippen molar-refractivity contribution in [1.82, 2.24) is 0 Å². The smallest absolute Gasteiger partial charge is 0.351 e. The minimum Gasteiger partial charge on any atom is -0.462 e. The second-order valence-electron chi connectivity index (χ2n) is 6.14. The Bertz CT molecular complexity index is 1000. The Morgan fingerprint density at radius 2 is 1.63 bits per heavy atom. The van der Waals surface area contributed by atoms with Gasteiger partial charge in [-0.25, -0.2) is 9.59 Å². The molecule has 1 aromatic heterocycles. The van der Waals surface area contributed by atoms with Gasteiger partial charge in [-0.3, -0.25) is 0 Å². The van der Waals surface area contributed by atoms with E-state index in [0.29, 0.717) is 11.0 Å². The van der Waals surface area contributed by atoms with Gasteiger partial charge in [-0.05, 0) is 62.2 Å². The van der Waals surface area contributed by atoms with Crippen LogP contribution < -0.4 is 10.5 Å². The fourth-order valence-electron chi connectivity index (χ4n) is 3.11. The first-order valence-electron chi connectivity index (χ1n) is 9.17. The molecule has 0 unspecified atom stereocenters. The summed E-state index contributed by atoms with van der Waals surface area (Å²) in [5, 5.41) is 0.683. The number of benzene rings is 2. The Morgan fingerprint density at radius 1 is 0.963 bits per heavy atom. The lowest BCUT2D eigenvalue weighted by molar-refractivity contribution is 0.0522. The van der Waals surface area contributed by atoms with Crippen molar-refractivity contribution in [2.24, 2.45) is 0 Å². The summed E-state index contributed by atoms with van der Waals surface area (Å²) in [7, 11) is 0. The van der Waals surface area contributed by atoms with Crippen molar-refractivity contribution in [3.63, 3.8) is 0 Å². The van der Waals surface area contributed by atoms with Crippen molar-refractivity contribution in [2.75, 3.05) is 24.6 Å². The zero-order valence-electron chi connectivity index (χ0n) is 15.8. The Balaban J connectivity index is 1.99. The second kappa shape index (κ2) is 8.08. The van der Waals surface area contributed by atoms with Crippen LogP contribution >= 0.6 is 0 Å². The van der Waals surface area contributed by atoms with Crippen molar-refractivity contribution in [3.8, 4) is 11.1 Å². The Labute approximate surface area is 158 Å². The number of esters is 1. The van der Waals surface area contributed by atoms with Crippen molar-refractivity contribution in [3.05, 3.63) is 64.5 Å². The normalized spacial score (nSPS) is 10.8. The number of fused-ring (bicyclic) bond motifs is 1. The highest BCUT2D eigenvalue weighted by molar-refractivity contribution is 5.93. The summed E-state index contributed by atoms with van der Waals surface area (Å²) >= 11 is 0. The summed E-state index contributed by atoms with van der Waals surface area (Å²) in [6.07, 6.45) is 0. The number of hydrogen-bond donors (Lipinski definition) is 0. The van der Waals surface area contributed by atoms with Gasteiger partial charge in [-0.2, -0.15) is 0 Å². The summed E-state index contributed by atoms with van der Waals surface area (Å²) < 4.78 is 10.2. The molecule has 0 saturated heterocycles. The van der Waals surface area contributed by atoms with Crippen LogP contribution in [0.25, 0.3) is 22.1 Å². The molecule has 5 heteroatoms. The molecule has 2 aromatic carbocycles. The van der Waals surface area contributed by atoms with Gasteiger partial charge < -0.3 is 14.1 Å². The maximum Gasteiger partial charge on any atom is 0.351 e. The average Bonchev–Trinajstić information content (AvgIpc) is 2.69. The number of anilines is 1. The number of ether oxygens (including phenoxy) is 1. The van der Waals surface area contributed by atoms with Crippen LogP contribution in [0, 0.1) is 0 Å². The van der Waals surface area contributed by atoms with Gasteiger partial charge in [0.25, 0.3) is 0 Å². The molecule has 0 aliphatic heterocycles. The van der Waals surface area contributed by atoms with Crippen LogP contribution in [-0.4, -0.2) is 25.7 Å². The average molecular weight is 365 g/mol. The van der Waals surface area contributed by atoms with E-state index in [1.165, 1.54) is 11.8 Å². The zero-order chi connectivity index (χ0) is 19.4. The van der Waals surface area contributed by atoms with Gasteiger partial charge in [0.2, 0.25) is 0 Å². The van der Waals surface area contributed by atoms with Gasteiger partial charge in [0, 0.05) is 24.2 Å². The molecule has 0 amide bonds. The van der Waals surface area contributed by atoms with Crippen LogP contribution in [0.1, 0.15) is 31.1 Å². The van der Waals surface area contributed by atoms with Crippen molar-refractivity contribution in [1.29, 1.82) is 0 Å². The number of rotatable bonds is 6. The highest BCUT2D eigenvalue weighted by Gasteiger charge is 2.15. The first-order valence-corrected chi connectivity index (χ1v) is 9.17. The summed E-state index contributed by atoms with van der Waals surface area (Å²) in [5.74, 6) is -0.665. The molecular formula is C22H23NO4. The number of carbonyl (C=O) groups is 1. The van der Waals surface area contributed by atoms with Gasteiger partial charge in [-0.1, -0.05) is 18.2 Å². The van der Waals surface area contributed by atoms with E-state index in [2.05, 4.69) is 43.0 Å². The molecule has 27 heavy (non-hydrogen) atoms. The minimum atomic E-state index is -0.683. The summed E-state index contributed by atoms with van der Waals surface area (Å²) in [5.41, 5.74) is 2.89. The van der Waals surface area contributed by atoms with E-state index in [-0.39, 0.29) is 12.2 Å². The third-order valence-corrected chi connectivity index (χ3v) is 4.56. The molecule has 0 radical (unpaired) electrons. The Kier molecular flexibility index (Phi) is 5.60. The molecule has 0 spiro atoms. The van der Waals surface area contributed by atoms with Crippen LogP contribution in [-0.2, 0) is 4.74 Å². The molecule has 0 bridgehead atoms. The Hall–Kier alpha value is -3.08. The fraction of sp³-hybridized carbons (Fsp3) is 0.273. The number of hydrogen-bond acceptors (Lipinski definition) is 5. The molecule has 0 saturated carbocycles. The van der Waals surface area contributed by atoms with E-state index < -0.39 is 11.6 Å². The van der Waals surface area contributed by atoms with E-state index in [1.54, 1.807) is 13.0 Å². The van der Waals surface area contributed by atoms with Crippen molar-refractivity contribution >= 4 is 22.6 Å². The lowest BCUT2D eigenvalue weighted by Crippen LogP contribution is -2.21. The van der Waals surface area contributed by atoms with Gasteiger partial charge >= 0.3 is 11.6 Å². The first kappa shape index (κ1) is 18.7. The molecule has 3 aromatic rings. The third kappa shape index (κ3) is 3.87. The monoisotopic (exact) mass is 365 g/mol. The van der Waals surface area contributed by atoms with Crippen LogP contribution in [0.15, 0.2) is 57.7 Å². The Morgan fingerprint density at radius 3 is 2.26 bits per heavy atom. The van der Waals surface area contributed by atoms with E-state index in [9.17, 15) is 9.59 Å². The van der Waals surface area contributed by atoms with E-state index in [1.807, 2.05) is 12.1 Å². The SMILES string of the molecule is CCOC(=O)c1cc2cc(-c3ccc(N(CC)CC)cc3)ccc2oc1=O. The maximum atomic E-state index is 12.0.